The predicted octanol–water partition coefficient (Wildman–Crippen LogP) is 4.93. The average Bonchev–Trinajstić information content (AvgIpc) is 3.08. The molecule has 1 N–H and O–H groups in total. The van der Waals surface area contributed by atoms with Gasteiger partial charge in [-0.3, -0.25) is 9.59 Å². The number of rotatable bonds is 6. The van der Waals surface area contributed by atoms with E-state index < -0.39 is 5.92 Å². The van der Waals surface area contributed by atoms with Crippen molar-refractivity contribution in [2.45, 2.75) is 32.6 Å². The number of ether oxygens (including phenoxy) is 1. The number of halogens is 1. The van der Waals surface area contributed by atoms with Gasteiger partial charge in [0, 0.05) is 22.6 Å². The highest BCUT2D eigenvalue weighted by atomic mass is 35.5. The first kappa shape index (κ1) is 20.2. The first-order valence-corrected chi connectivity index (χ1v) is 10.3. The quantitative estimate of drug-likeness (QED) is 0.570. The lowest BCUT2D eigenvalue weighted by atomic mass is 9.85. The molecular weight excluding hydrogens is 402 g/mol. The van der Waals surface area contributed by atoms with Gasteiger partial charge in [-0.2, -0.15) is 5.10 Å². The molecule has 0 spiro atoms. The van der Waals surface area contributed by atoms with Crippen molar-refractivity contribution in [3.05, 3.63) is 70.4 Å². The minimum absolute atomic E-state index is 0.0903. The topological polar surface area (TPSA) is 73.2 Å². The Bertz CT molecular complexity index is 1090. The molecule has 0 unspecified atom stereocenters. The van der Waals surface area contributed by atoms with E-state index in [2.05, 4.69) is 10.4 Å². The third kappa shape index (κ3) is 3.83. The van der Waals surface area contributed by atoms with Gasteiger partial charge in [0.2, 0.25) is 5.91 Å². The number of nitrogens with zero attached hydrogens (tertiary/aromatic N) is 2. The molecule has 154 valence electrons. The Kier molecular flexibility index (Phi) is 5.59. The van der Waals surface area contributed by atoms with E-state index in [-0.39, 0.29) is 18.1 Å². The maximum atomic E-state index is 13.3. The average molecular weight is 424 g/mol. The fourth-order valence-corrected chi connectivity index (χ4v) is 3.80. The molecule has 30 heavy (non-hydrogen) atoms. The van der Waals surface area contributed by atoms with Gasteiger partial charge in [-0.15, -0.1) is 0 Å². The summed E-state index contributed by atoms with van der Waals surface area (Å²) in [4.78, 5) is 25.7. The second kappa shape index (κ2) is 8.32. The number of benzene rings is 2. The van der Waals surface area contributed by atoms with Crippen molar-refractivity contribution in [2.24, 2.45) is 0 Å². The van der Waals surface area contributed by atoms with Gasteiger partial charge in [0.25, 0.3) is 0 Å². The number of aromatic nitrogens is 2. The number of amides is 1. The summed E-state index contributed by atoms with van der Waals surface area (Å²) in [5.74, 6) is 0.359. The highest BCUT2D eigenvalue weighted by Crippen LogP contribution is 2.38. The van der Waals surface area contributed by atoms with Gasteiger partial charge in [-0.25, -0.2) is 4.68 Å². The fourth-order valence-electron chi connectivity index (χ4n) is 3.68. The van der Waals surface area contributed by atoms with Crippen molar-refractivity contribution in [3.8, 4) is 11.4 Å². The monoisotopic (exact) mass is 423 g/mol. The van der Waals surface area contributed by atoms with E-state index in [1.807, 2.05) is 26.0 Å². The van der Waals surface area contributed by atoms with Crippen LogP contribution in [0.25, 0.3) is 5.69 Å². The van der Waals surface area contributed by atoms with Crippen LogP contribution in [0.5, 0.6) is 5.75 Å². The fraction of sp³-hybridized carbons (Fsp3) is 0.261. The zero-order valence-electron chi connectivity index (χ0n) is 16.8. The molecule has 0 bridgehead atoms. The van der Waals surface area contributed by atoms with Crippen LogP contribution in [0.2, 0.25) is 5.02 Å². The van der Waals surface area contributed by atoms with E-state index in [0.717, 1.165) is 23.4 Å². The lowest BCUT2D eigenvalue weighted by Gasteiger charge is -2.23. The van der Waals surface area contributed by atoms with Crippen molar-refractivity contribution in [2.75, 3.05) is 11.9 Å². The van der Waals surface area contributed by atoms with Gasteiger partial charge in [0.1, 0.15) is 11.6 Å². The predicted molar refractivity (Wildman–Crippen MR) is 116 cm³/mol. The van der Waals surface area contributed by atoms with Crippen LogP contribution in [0.3, 0.4) is 0 Å². The van der Waals surface area contributed by atoms with Gasteiger partial charge in [0.15, 0.2) is 5.78 Å². The van der Waals surface area contributed by atoms with Gasteiger partial charge < -0.3 is 10.1 Å². The number of fused-ring (bicyclic) bond motifs is 1. The minimum atomic E-state index is -0.586. The Hall–Kier alpha value is -3.12. The molecule has 7 heteroatoms. The molecule has 1 atom stereocenters. The number of carbonyl (C=O) groups excluding carboxylic acids is 2. The Morgan fingerprint density at radius 3 is 2.57 bits per heavy atom. The molecule has 1 amide bonds. The Balaban J connectivity index is 1.69. The van der Waals surface area contributed by atoms with Crippen LogP contribution in [-0.4, -0.2) is 28.1 Å². The molecule has 2 heterocycles. The lowest BCUT2D eigenvalue weighted by molar-refractivity contribution is -0.116. The molecular formula is C23H22ClN3O3. The van der Waals surface area contributed by atoms with Crippen LogP contribution >= 0.6 is 11.6 Å². The lowest BCUT2D eigenvalue weighted by Crippen LogP contribution is -2.28. The van der Waals surface area contributed by atoms with Crippen molar-refractivity contribution >= 4 is 29.1 Å². The van der Waals surface area contributed by atoms with Crippen LogP contribution in [0, 0.1) is 6.92 Å². The SMILES string of the molecule is CCCOc1ccc(C(=O)[C@H]2CC(=O)Nc3c2c(C)nn3-c2ccc(Cl)cc2)cc1. The van der Waals surface area contributed by atoms with Gasteiger partial charge in [0.05, 0.1) is 23.9 Å². The molecule has 1 aromatic heterocycles. The Labute approximate surface area is 179 Å². The minimum Gasteiger partial charge on any atom is -0.494 e. The van der Waals surface area contributed by atoms with Crippen molar-refractivity contribution < 1.29 is 14.3 Å². The molecule has 0 saturated carbocycles. The molecule has 4 rings (SSSR count). The van der Waals surface area contributed by atoms with E-state index in [4.69, 9.17) is 16.3 Å². The van der Waals surface area contributed by atoms with E-state index in [1.54, 1.807) is 41.1 Å². The summed E-state index contributed by atoms with van der Waals surface area (Å²) in [6.07, 6.45) is 1.00. The van der Waals surface area contributed by atoms with Gasteiger partial charge >= 0.3 is 0 Å². The summed E-state index contributed by atoms with van der Waals surface area (Å²) in [5.41, 5.74) is 2.76. The van der Waals surface area contributed by atoms with Gasteiger partial charge in [-0.1, -0.05) is 18.5 Å². The molecule has 0 fully saturated rings. The molecule has 0 radical (unpaired) electrons. The maximum Gasteiger partial charge on any atom is 0.226 e. The van der Waals surface area contributed by atoms with Crippen LogP contribution in [0.15, 0.2) is 48.5 Å². The Morgan fingerprint density at radius 2 is 1.90 bits per heavy atom. The van der Waals surface area contributed by atoms with Crippen molar-refractivity contribution in [3.63, 3.8) is 0 Å². The largest absolute Gasteiger partial charge is 0.494 e. The summed E-state index contributed by atoms with van der Waals surface area (Å²) in [6.45, 7) is 4.52. The number of hydrogen-bond donors (Lipinski definition) is 1. The van der Waals surface area contributed by atoms with E-state index in [1.165, 1.54) is 0 Å². The molecule has 0 saturated heterocycles. The third-order valence-corrected chi connectivity index (χ3v) is 5.35. The smallest absolute Gasteiger partial charge is 0.226 e. The number of hydrogen-bond acceptors (Lipinski definition) is 4. The first-order chi connectivity index (χ1) is 14.5. The van der Waals surface area contributed by atoms with E-state index >= 15 is 0 Å². The summed E-state index contributed by atoms with van der Waals surface area (Å²) >= 11 is 5.99. The zero-order valence-corrected chi connectivity index (χ0v) is 17.6. The van der Waals surface area contributed by atoms with Crippen molar-refractivity contribution in [1.29, 1.82) is 0 Å². The second-order valence-corrected chi connectivity index (χ2v) is 7.71. The number of nitrogens with one attached hydrogen (secondary N) is 1. The maximum absolute atomic E-state index is 13.3. The van der Waals surface area contributed by atoms with Crippen LogP contribution < -0.4 is 10.1 Å². The number of Topliss-reactive ketones (excluding diaryl/α,β-unsaturated/α-hetero) is 1. The first-order valence-electron chi connectivity index (χ1n) is 9.90. The van der Waals surface area contributed by atoms with Crippen LogP contribution in [0.1, 0.15) is 47.3 Å². The molecule has 0 aliphatic carbocycles. The molecule has 1 aliphatic heterocycles. The number of ketones is 1. The second-order valence-electron chi connectivity index (χ2n) is 7.28. The highest BCUT2D eigenvalue weighted by Gasteiger charge is 2.36. The molecule has 6 nitrogen and oxygen atoms in total. The van der Waals surface area contributed by atoms with Crippen molar-refractivity contribution in [1.82, 2.24) is 9.78 Å². The molecule has 2 aromatic carbocycles. The zero-order chi connectivity index (χ0) is 21.3. The summed E-state index contributed by atoms with van der Waals surface area (Å²) in [6, 6.07) is 14.2. The van der Waals surface area contributed by atoms with Crippen LogP contribution in [0.4, 0.5) is 5.82 Å². The molecule has 1 aliphatic rings. The third-order valence-electron chi connectivity index (χ3n) is 5.10. The molecule has 3 aromatic rings. The Morgan fingerprint density at radius 1 is 1.20 bits per heavy atom. The highest BCUT2D eigenvalue weighted by molar-refractivity contribution is 6.30. The summed E-state index contributed by atoms with van der Waals surface area (Å²) < 4.78 is 7.24. The summed E-state index contributed by atoms with van der Waals surface area (Å²) in [7, 11) is 0. The van der Waals surface area contributed by atoms with E-state index in [9.17, 15) is 9.59 Å². The standard InChI is InChI=1S/C23H22ClN3O3/c1-3-12-30-18-10-4-15(5-11-18)22(29)19-13-20(28)25-23-21(19)14(2)26-27(23)17-8-6-16(24)7-9-17/h4-11,19H,3,12-13H2,1-2H3,(H,25,28)/t19-/m0/s1. The van der Waals surface area contributed by atoms with Crippen LogP contribution in [-0.2, 0) is 4.79 Å². The van der Waals surface area contributed by atoms with Gasteiger partial charge in [-0.05, 0) is 61.9 Å². The number of aryl methyl sites for hydroxylation is 1. The number of carbonyl (C=O) groups is 2. The number of anilines is 1. The van der Waals surface area contributed by atoms with E-state index in [0.29, 0.717) is 28.7 Å². The summed E-state index contributed by atoms with van der Waals surface area (Å²) in [5, 5.41) is 8.09. The normalized spacial score (nSPS) is 15.4.